The molecule has 0 unspecified atom stereocenters. The molecule has 1 saturated carbocycles. The van der Waals surface area contributed by atoms with E-state index in [1.807, 2.05) is 6.92 Å². The van der Waals surface area contributed by atoms with E-state index < -0.39 is 21.8 Å². The topological polar surface area (TPSA) is 78.5 Å². The van der Waals surface area contributed by atoms with Crippen molar-refractivity contribution < 1.29 is 26.4 Å². The van der Waals surface area contributed by atoms with Gasteiger partial charge in [0, 0.05) is 19.1 Å². The minimum absolute atomic E-state index is 0.0114. The molecule has 1 heterocycles. The number of fused-ring (bicyclic) bond motifs is 1. The van der Waals surface area contributed by atoms with Crippen molar-refractivity contribution >= 4 is 15.9 Å². The third kappa shape index (κ3) is 4.65. The number of benzene rings is 1. The number of alkyl halides is 3. The lowest BCUT2D eigenvalue weighted by Gasteiger charge is -2.24. The lowest BCUT2D eigenvalue weighted by Crippen LogP contribution is -2.48. The van der Waals surface area contributed by atoms with Crippen molar-refractivity contribution in [1.82, 2.24) is 14.9 Å². The second-order valence-electron chi connectivity index (χ2n) is 8.09. The molecule has 0 aromatic heterocycles. The van der Waals surface area contributed by atoms with Crippen molar-refractivity contribution in [1.29, 1.82) is 0 Å². The van der Waals surface area contributed by atoms with Crippen LogP contribution in [0.1, 0.15) is 38.2 Å². The number of sulfonamides is 1. The number of amides is 1. The summed E-state index contributed by atoms with van der Waals surface area (Å²) in [5, 5.41) is 6.08. The lowest BCUT2D eigenvalue weighted by atomic mass is 9.97. The largest absolute Gasteiger partial charge is 0.416 e. The van der Waals surface area contributed by atoms with Gasteiger partial charge in [0.05, 0.1) is 16.5 Å². The molecule has 1 saturated heterocycles. The number of nitrogens with zero attached hydrogens (tertiary/aromatic N) is 1. The second kappa shape index (κ2) is 8.84. The van der Waals surface area contributed by atoms with E-state index in [0.717, 1.165) is 49.9 Å². The van der Waals surface area contributed by atoms with Crippen LogP contribution in [0.2, 0.25) is 0 Å². The first kappa shape index (κ1) is 23.0. The normalized spacial score (nSPS) is 25.8. The monoisotopic (exact) mass is 447 g/mol. The highest BCUT2D eigenvalue weighted by molar-refractivity contribution is 7.89. The summed E-state index contributed by atoms with van der Waals surface area (Å²) in [7, 11) is -2.14. The molecule has 1 aliphatic carbocycles. The Hall–Kier alpha value is -1.65. The Balaban J connectivity index is 1.68. The molecule has 1 amide bonds. The molecular formula is C20H28F3N3O3S. The fourth-order valence-corrected chi connectivity index (χ4v) is 6.08. The fraction of sp³-hybridized carbons (Fsp3) is 0.650. The molecule has 4 atom stereocenters. The Morgan fingerprint density at radius 1 is 1.20 bits per heavy atom. The molecule has 1 aliphatic heterocycles. The smallest absolute Gasteiger partial charge is 0.352 e. The summed E-state index contributed by atoms with van der Waals surface area (Å²) in [4.78, 5) is 12.4. The van der Waals surface area contributed by atoms with Crippen LogP contribution in [-0.4, -0.2) is 50.9 Å². The van der Waals surface area contributed by atoms with Crippen molar-refractivity contribution in [2.24, 2.45) is 11.8 Å². The van der Waals surface area contributed by atoms with Crippen LogP contribution in [0.5, 0.6) is 0 Å². The Labute approximate surface area is 175 Å². The van der Waals surface area contributed by atoms with E-state index >= 15 is 0 Å². The number of hydrogen-bond acceptors (Lipinski definition) is 4. The molecule has 0 bridgehead atoms. The number of carbonyl (C=O) groups excluding carboxylic acids is 1. The minimum Gasteiger partial charge on any atom is -0.352 e. The highest BCUT2D eigenvalue weighted by atomic mass is 32.2. The van der Waals surface area contributed by atoms with Crippen molar-refractivity contribution in [3.63, 3.8) is 0 Å². The van der Waals surface area contributed by atoms with Crippen LogP contribution in [-0.2, 0) is 21.0 Å². The molecule has 30 heavy (non-hydrogen) atoms. The zero-order valence-electron chi connectivity index (χ0n) is 17.1. The number of hydrogen-bond donors (Lipinski definition) is 2. The Morgan fingerprint density at radius 3 is 2.43 bits per heavy atom. The zero-order valence-corrected chi connectivity index (χ0v) is 17.9. The van der Waals surface area contributed by atoms with Crippen molar-refractivity contribution in [2.75, 3.05) is 20.1 Å². The molecule has 0 spiro atoms. The molecule has 1 aromatic carbocycles. The van der Waals surface area contributed by atoms with Gasteiger partial charge in [0.2, 0.25) is 15.9 Å². The summed E-state index contributed by atoms with van der Waals surface area (Å²) >= 11 is 0. The summed E-state index contributed by atoms with van der Waals surface area (Å²) in [6.45, 7) is 2.59. The molecule has 2 N–H and O–H groups in total. The average molecular weight is 448 g/mol. The second-order valence-corrected chi connectivity index (χ2v) is 10.0. The molecular weight excluding hydrogens is 419 g/mol. The van der Waals surface area contributed by atoms with Gasteiger partial charge >= 0.3 is 6.18 Å². The van der Waals surface area contributed by atoms with Crippen LogP contribution in [0, 0.1) is 11.8 Å². The van der Waals surface area contributed by atoms with Crippen LogP contribution < -0.4 is 10.6 Å². The quantitative estimate of drug-likeness (QED) is 0.674. The molecule has 0 radical (unpaired) electrons. The first-order valence-electron chi connectivity index (χ1n) is 10.2. The van der Waals surface area contributed by atoms with E-state index in [2.05, 4.69) is 10.6 Å². The van der Waals surface area contributed by atoms with Gasteiger partial charge in [-0.1, -0.05) is 13.3 Å². The number of nitrogens with one attached hydrogen (secondary N) is 2. The molecule has 10 heteroatoms. The number of halogens is 3. The van der Waals surface area contributed by atoms with Crippen LogP contribution in [0.25, 0.3) is 0 Å². The van der Waals surface area contributed by atoms with Gasteiger partial charge in [0.15, 0.2) is 0 Å². The van der Waals surface area contributed by atoms with E-state index in [1.165, 1.54) is 4.31 Å². The van der Waals surface area contributed by atoms with Gasteiger partial charge in [-0.05, 0) is 62.4 Å². The van der Waals surface area contributed by atoms with Gasteiger partial charge in [-0.2, -0.15) is 17.5 Å². The summed E-state index contributed by atoms with van der Waals surface area (Å²) in [5.74, 6) is 0.0742. The highest BCUT2D eigenvalue weighted by Crippen LogP contribution is 2.40. The van der Waals surface area contributed by atoms with E-state index in [1.54, 1.807) is 7.05 Å². The van der Waals surface area contributed by atoms with E-state index in [4.69, 9.17) is 0 Å². The van der Waals surface area contributed by atoms with Gasteiger partial charge in [0.1, 0.15) is 0 Å². The van der Waals surface area contributed by atoms with Gasteiger partial charge < -0.3 is 10.6 Å². The highest BCUT2D eigenvalue weighted by Gasteiger charge is 2.47. The predicted octanol–water partition coefficient (Wildman–Crippen LogP) is 2.61. The first-order valence-corrected chi connectivity index (χ1v) is 11.7. The molecule has 2 fully saturated rings. The van der Waals surface area contributed by atoms with Crippen LogP contribution in [0.3, 0.4) is 0 Å². The van der Waals surface area contributed by atoms with E-state index in [-0.39, 0.29) is 41.3 Å². The summed E-state index contributed by atoms with van der Waals surface area (Å²) in [5.41, 5.74) is -0.881. The molecule has 6 nitrogen and oxygen atoms in total. The van der Waals surface area contributed by atoms with Crippen LogP contribution >= 0.6 is 0 Å². The SMILES string of the molecule is CCC[C@H](NC)C(=O)N[C@H]1CC[C@@H]2CN(S(=O)(=O)c3ccc(C(F)(F)F)cc3)C[C@@H]21. The summed E-state index contributed by atoms with van der Waals surface area (Å²) < 4.78 is 65.5. The Bertz CT molecular complexity index is 858. The molecule has 168 valence electrons. The summed E-state index contributed by atoms with van der Waals surface area (Å²) in [6.07, 6.45) is -1.31. The Kier molecular flexibility index (Phi) is 6.78. The van der Waals surface area contributed by atoms with Gasteiger partial charge in [0.25, 0.3) is 0 Å². The molecule has 2 aliphatic rings. The first-order chi connectivity index (χ1) is 14.1. The number of rotatable bonds is 7. The van der Waals surface area contributed by atoms with Gasteiger partial charge in [-0.25, -0.2) is 8.42 Å². The van der Waals surface area contributed by atoms with Crippen molar-refractivity contribution in [3.05, 3.63) is 29.8 Å². The zero-order chi connectivity index (χ0) is 22.1. The predicted molar refractivity (Wildman–Crippen MR) is 106 cm³/mol. The number of likely N-dealkylation sites (N-methyl/N-ethyl adjacent to an activating group) is 1. The van der Waals surface area contributed by atoms with Gasteiger partial charge in [-0.3, -0.25) is 4.79 Å². The average Bonchev–Trinajstić information content (AvgIpc) is 3.28. The fourth-order valence-electron chi connectivity index (χ4n) is 4.54. The maximum absolute atomic E-state index is 12.9. The van der Waals surface area contributed by atoms with Crippen LogP contribution in [0.15, 0.2) is 29.2 Å². The third-order valence-electron chi connectivity index (χ3n) is 6.21. The maximum atomic E-state index is 12.9. The Morgan fingerprint density at radius 2 is 1.87 bits per heavy atom. The van der Waals surface area contributed by atoms with Crippen LogP contribution in [0.4, 0.5) is 13.2 Å². The van der Waals surface area contributed by atoms with E-state index in [0.29, 0.717) is 6.54 Å². The van der Waals surface area contributed by atoms with Crippen molar-refractivity contribution in [2.45, 2.75) is 55.8 Å². The maximum Gasteiger partial charge on any atom is 0.416 e. The van der Waals surface area contributed by atoms with Gasteiger partial charge in [-0.15, -0.1) is 0 Å². The standard InChI is InChI=1S/C20H28F3N3O3S/c1-3-4-18(24-2)19(27)25-17-10-5-13-11-26(12-16(13)17)30(28,29)15-8-6-14(7-9-15)20(21,22)23/h6-9,13,16-18,24H,3-5,10-12H2,1-2H3,(H,25,27)/t13-,16+,17+,18+/m1/s1. The lowest BCUT2D eigenvalue weighted by molar-refractivity contribution is -0.137. The van der Waals surface area contributed by atoms with Crippen molar-refractivity contribution in [3.8, 4) is 0 Å². The van der Waals surface area contributed by atoms with E-state index in [9.17, 15) is 26.4 Å². The summed E-state index contributed by atoms with van der Waals surface area (Å²) in [6, 6.07) is 3.23. The number of carbonyl (C=O) groups is 1. The molecule has 3 rings (SSSR count). The minimum atomic E-state index is -4.51. The molecule has 1 aromatic rings. The third-order valence-corrected chi connectivity index (χ3v) is 8.06.